The average Bonchev–Trinajstić information content (AvgIpc) is 2.98. The fourth-order valence-electron chi connectivity index (χ4n) is 2.43. The van der Waals surface area contributed by atoms with Gasteiger partial charge in [0.1, 0.15) is 0 Å². The quantitative estimate of drug-likeness (QED) is 0.747. The van der Waals surface area contributed by atoms with E-state index in [4.69, 9.17) is 9.84 Å². The highest BCUT2D eigenvalue weighted by Crippen LogP contribution is 2.29. The molecule has 4 heteroatoms. The van der Waals surface area contributed by atoms with E-state index in [-0.39, 0.29) is 6.10 Å². The first kappa shape index (κ1) is 11.9. The van der Waals surface area contributed by atoms with E-state index in [1.165, 1.54) is 12.8 Å². The number of carbonyl (C=O) groups is 1. The van der Waals surface area contributed by atoms with Gasteiger partial charge in [0.25, 0.3) is 0 Å². The van der Waals surface area contributed by atoms with Crippen molar-refractivity contribution < 1.29 is 14.6 Å². The Balaban J connectivity index is 1.78. The minimum absolute atomic E-state index is 0.133. The van der Waals surface area contributed by atoms with E-state index in [0.717, 1.165) is 32.0 Å². The second-order valence-electron chi connectivity index (χ2n) is 4.89. The van der Waals surface area contributed by atoms with Crippen LogP contribution in [0.4, 0.5) is 0 Å². The summed E-state index contributed by atoms with van der Waals surface area (Å²) < 4.78 is 5.54. The molecule has 0 bridgehead atoms. The molecular formula is C12H21NO3. The van der Waals surface area contributed by atoms with E-state index in [1.54, 1.807) is 0 Å². The largest absolute Gasteiger partial charge is 0.479 e. The molecule has 1 N–H and O–H groups in total. The molecule has 0 amide bonds. The van der Waals surface area contributed by atoms with Crippen molar-refractivity contribution in [2.75, 3.05) is 13.1 Å². The van der Waals surface area contributed by atoms with Gasteiger partial charge in [-0.2, -0.15) is 0 Å². The monoisotopic (exact) mass is 227 g/mol. The van der Waals surface area contributed by atoms with Gasteiger partial charge in [0.15, 0.2) is 6.10 Å². The van der Waals surface area contributed by atoms with Crippen molar-refractivity contribution in [3.8, 4) is 0 Å². The maximum absolute atomic E-state index is 10.8. The summed E-state index contributed by atoms with van der Waals surface area (Å²) in [5.74, 6) is -0.809. The van der Waals surface area contributed by atoms with Crippen LogP contribution in [0, 0.1) is 0 Å². The fraction of sp³-hybridized carbons (Fsp3) is 0.917. The van der Waals surface area contributed by atoms with E-state index in [9.17, 15) is 4.79 Å². The third-order valence-electron chi connectivity index (χ3n) is 3.40. The predicted octanol–water partition coefficient (Wildman–Crippen LogP) is 1.49. The minimum Gasteiger partial charge on any atom is -0.479 e. The summed E-state index contributed by atoms with van der Waals surface area (Å²) in [6, 6.07) is 0.743. The Hall–Kier alpha value is -0.610. The molecule has 2 aliphatic rings. The molecular weight excluding hydrogens is 206 g/mol. The SMILES string of the molecule is CCCN(CC1CCC(C(=O)O)O1)C1CC1. The highest BCUT2D eigenvalue weighted by atomic mass is 16.5. The maximum Gasteiger partial charge on any atom is 0.332 e. The molecule has 16 heavy (non-hydrogen) atoms. The van der Waals surface area contributed by atoms with Crippen molar-refractivity contribution in [3.63, 3.8) is 0 Å². The lowest BCUT2D eigenvalue weighted by molar-refractivity contribution is -0.149. The summed E-state index contributed by atoms with van der Waals surface area (Å²) in [6.45, 7) is 4.22. The third kappa shape index (κ3) is 2.95. The Morgan fingerprint density at radius 1 is 1.38 bits per heavy atom. The Labute approximate surface area is 96.6 Å². The maximum atomic E-state index is 10.8. The van der Waals surface area contributed by atoms with Crippen molar-refractivity contribution in [2.24, 2.45) is 0 Å². The van der Waals surface area contributed by atoms with E-state index >= 15 is 0 Å². The molecule has 1 saturated heterocycles. The number of carboxylic acids is 1. The van der Waals surface area contributed by atoms with E-state index in [0.29, 0.717) is 6.42 Å². The standard InChI is InChI=1S/C12H21NO3/c1-2-7-13(9-3-4-9)8-10-5-6-11(16-10)12(14)15/h9-11H,2-8H2,1H3,(H,14,15). The van der Waals surface area contributed by atoms with Gasteiger partial charge in [0.05, 0.1) is 6.10 Å². The van der Waals surface area contributed by atoms with Crippen LogP contribution in [-0.4, -0.2) is 47.3 Å². The first-order chi connectivity index (χ1) is 7.70. The number of nitrogens with zero attached hydrogens (tertiary/aromatic N) is 1. The molecule has 1 aliphatic carbocycles. The van der Waals surface area contributed by atoms with E-state index < -0.39 is 12.1 Å². The number of carboxylic acid groups (broad SMARTS) is 1. The topological polar surface area (TPSA) is 49.8 Å². The highest BCUT2D eigenvalue weighted by molar-refractivity contribution is 5.72. The molecule has 2 atom stereocenters. The lowest BCUT2D eigenvalue weighted by Gasteiger charge is -2.24. The van der Waals surface area contributed by atoms with Gasteiger partial charge in [0, 0.05) is 12.6 Å². The van der Waals surface area contributed by atoms with Crippen LogP contribution in [0.25, 0.3) is 0 Å². The summed E-state index contributed by atoms with van der Waals surface area (Å²) >= 11 is 0. The molecule has 2 rings (SSSR count). The number of ether oxygens (including phenoxy) is 1. The summed E-state index contributed by atoms with van der Waals surface area (Å²) in [5, 5.41) is 8.85. The van der Waals surface area contributed by atoms with Crippen LogP contribution in [-0.2, 0) is 9.53 Å². The molecule has 1 saturated carbocycles. The second kappa shape index (κ2) is 5.15. The van der Waals surface area contributed by atoms with Crippen molar-refractivity contribution in [1.29, 1.82) is 0 Å². The lowest BCUT2D eigenvalue weighted by Crippen LogP contribution is -2.35. The van der Waals surface area contributed by atoms with Gasteiger partial charge in [0.2, 0.25) is 0 Å². The summed E-state index contributed by atoms with van der Waals surface area (Å²) in [5.41, 5.74) is 0. The number of aliphatic carboxylic acids is 1. The molecule has 0 aromatic heterocycles. The molecule has 0 spiro atoms. The molecule has 2 unspecified atom stereocenters. The lowest BCUT2D eigenvalue weighted by atomic mass is 10.2. The summed E-state index contributed by atoms with van der Waals surface area (Å²) in [7, 11) is 0. The normalized spacial score (nSPS) is 29.9. The van der Waals surface area contributed by atoms with E-state index in [1.807, 2.05) is 0 Å². The van der Waals surface area contributed by atoms with Crippen LogP contribution in [0.1, 0.15) is 39.0 Å². The highest BCUT2D eigenvalue weighted by Gasteiger charge is 2.35. The molecule has 0 radical (unpaired) electrons. The van der Waals surface area contributed by atoms with Gasteiger partial charge in [-0.15, -0.1) is 0 Å². The Kier molecular flexibility index (Phi) is 3.82. The van der Waals surface area contributed by atoms with Gasteiger partial charge in [-0.25, -0.2) is 4.79 Å². The zero-order valence-electron chi connectivity index (χ0n) is 9.89. The average molecular weight is 227 g/mol. The molecule has 2 fully saturated rings. The van der Waals surface area contributed by atoms with Crippen LogP contribution in [0.15, 0.2) is 0 Å². The third-order valence-corrected chi connectivity index (χ3v) is 3.40. The Morgan fingerprint density at radius 2 is 2.12 bits per heavy atom. The number of hydrogen-bond acceptors (Lipinski definition) is 3. The summed E-state index contributed by atoms with van der Waals surface area (Å²) in [6.07, 6.45) is 4.89. The zero-order valence-corrected chi connectivity index (χ0v) is 9.89. The molecule has 1 aliphatic heterocycles. The summed E-state index contributed by atoms with van der Waals surface area (Å²) in [4.78, 5) is 13.2. The minimum atomic E-state index is -0.809. The van der Waals surface area contributed by atoms with Crippen LogP contribution < -0.4 is 0 Å². The Morgan fingerprint density at radius 3 is 2.62 bits per heavy atom. The van der Waals surface area contributed by atoms with Crippen LogP contribution >= 0.6 is 0 Å². The van der Waals surface area contributed by atoms with Crippen LogP contribution in [0.3, 0.4) is 0 Å². The zero-order chi connectivity index (χ0) is 11.5. The predicted molar refractivity (Wildman–Crippen MR) is 60.4 cm³/mol. The smallest absolute Gasteiger partial charge is 0.332 e. The van der Waals surface area contributed by atoms with Crippen molar-refractivity contribution in [2.45, 2.75) is 57.3 Å². The molecule has 1 heterocycles. The first-order valence-electron chi connectivity index (χ1n) is 6.33. The van der Waals surface area contributed by atoms with Gasteiger partial charge in [-0.3, -0.25) is 4.90 Å². The Bertz CT molecular complexity index is 253. The number of rotatable bonds is 6. The van der Waals surface area contributed by atoms with Crippen molar-refractivity contribution in [3.05, 3.63) is 0 Å². The van der Waals surface area contributed by atoms with Gasteiger partial charge in [-0.1, -0.05) is 6.92 Å². The molecule has 92 valence electrons. The molecule has 4 nitrogen and oxygen atoms in total. The van der Waals surface area contributed by atoms with Gasteiger partial charge in [-0.05, 0) is 38.6 Å². The van der Waals surface area contributed by atoms with Gasteiger partial charge >= 0.3 is 5.97 Å². The van der Waals surface area contributed by atoms with Gasteiger partial charge < -0.3 is 9.84 Å². The number of hydrogen-bond donors (Lipinski definition) is 1. The fourth-order valence-corrected chi connectivity index (χ4v) is 2.43. The molecule has 0 aromatic carbocycles. The van der Waals surface area contributed by atoms with Crippen molar-refractivity contribution in [1.82, 2.24) is 4.90 Å². The second-order valence-corrected chi connectivity index (χ2v) is 4.89. The van der Waals surface area contributed by atoms with Crippen LogP contribution in [0.2, 0.25) is 0 Å². The van der Waals surface area contributed by atoms with Crippen molar-refractivity contribution >= 4 is 5.97 Å². The van der Waals surface area contributed by atoms with E-state index in [2.05, 4.69) is 11.8 Å². The van der Waals surface area contributed by atoms with Crippen LogP contribution in [0.5, 0.6) is 0 Å². The molecule has 0 aromatic rings. The first-order valence-corrected chi connectivity index (χ1v) is 6.33.